The highest BCUT2D eigenvalue weighted by Gasteiger charge is 2.18. The maximum Gasteiger partial charge on any atom is 0.229 e. The van der Waals surface area contributed by atoms with Gasteiger partial charge < -0.3 is 15.1 Å². The maximum atomic E-state index is 4.78. The van der Waals surface area contributed by atoms with E-state index in [2.05, 4.69) is 75.6 Å². The Morgan fingerprint density at radius 1 is 0.867 bits per heavy atom. The molecule has 2 aromatic carbocycles. The van der Waals surface area contributed by atoms with Crippen LogP contribution in [0.3, 0.4) is 0 Å². The maximum absolute atomic E-state index is 4.78. The lowest BCUT2D eigenvalue weighted by Crippen LogP contribution is -2.32. The predicted molar refractivity (Wildman–Crippen MR) is 124 cm³/mol. The number of hydrogen-bond acceptors (Lipinski definition) is 5. The molecule has 1 aromatic heterocycles. The first-order valence-corrected chi connectivity index (χ1v) is 11.0. The van der Waals surface area contributed by atoms with E-state index in [0.29, 0.717) is 5.95 Å². The zero-order chi connectivity index (χ0) is 20.3. The summed E-state index contributed by atoms with van der Waals surface area (Å²) in [7, 11) is 0. The summed E-state index contributed by atoms with van der Waals surface area (Å²) < 4.78 is 0. The molecule has 1 N–H and O–H groups in total. The summed E-state index contributed by atoms with van der Waals surface area (Å²) >= 11 is 0. The van der Waals surface area contributed by atoms with E-state index in [4.69, 9.17) is 4.98 Å². The summed E-state index contributed by atoms with van der Waals surface area (Å²) in [6, 6.07) is 19.3. The molecule has 30 heavy (non-hydrogen) atoms. The van der Waals surface area contributed by atoms with Crippen LogP contribution in [0, 0.1) is 5.92 Å². The van der Waals surface area contributed by atoms with Crippen molar-refractivity contribution in [3.05, 3.63) is 71.9 Å². The molecule has 0 bridgehead atoms. The monoisotopic (exact) mass is 399 g/mol. The summed E-state index contributed by atoms with van der Waals surface area (Å²) in [5, 5.41) is 3.37. The van der Waals surface area contributed by atoms with Gasteiger partial charge in [-0.3, -0.25) is 0 Å². The molecular weight excluding hydrogens is 370 g/mol. The van der Waals surface area contributed by atoms with Crippen LogP contribution >= 0.6 is 0 Å². The smallest absolute Gasteiger partial charge is 0.229 e. The van der Waals surface area contributed by atoms with Gasteiger partial charge in [0.2, 0.25) is 5.95 Å². The number of aromatic nitrogens is 2. The van der Waals surface area contributed by atoms with Gasteiger partial charge in [0.1, 0.15) is 5.82 Å². The van der Waals surface area contributed by atoms with Crippen LogP contribution in [0.5, 0.6) is 0 Å². The molecule has 0 amide bonds. The van der Waals surface area contributed by atoms with Gasteiger partial charge in [-0.1, -0.05) is 31.2 Å². The summed E-state index contributed by atoms with van der Waals surface area (Å²) in [6.07, 6.45) is 5.46. The van der Waals surface area contributed by atoms with Gasteiger partial charge in [-0.05, 0) is 66.6 Å². The van der Waals surface area contributed by atoms with Gasteiger partial charge in [-0.2, -0.15) is 4.98 Å². The number of hydrogen-bond donors (Lipinski definition) is 1. The van der Waals surface area contributed by atoms with Crippen LogP contribution in [0.15, 0.2) is 60.8 Å². The van der Waals surface area contributed by atoms with E-state index in [9.17, 15) is 0 Å². The number of benzene rings is 2. The lowest BCUT2D eigenvalue weighted by molar-refractivity contribution is 0.438. The van der Waals surface area contributed by atoms with Crippen LogP contribution in [0.4, 0.5) is 23.1 Å². The Labute approximate surface area is 178 Å². The van der Waals surface area contributed by atoms with Crippen molar-refractivity contribution in [3.8, 4) is 0 Å². The number of rotatable bonds is 4. The Kier molecular flexibility index (Phi) is 5.26. The van der Waals surface area contributed by atoms with Crippen molar-refractivity contribution in [1.82, 2.24) is 9.97 Å². The first kappa shape index (κ1) is 18.9. The fourth-order valence-electron chi connectivity index (χ4n) is 4.43. The van der Waals surface area contributed by atoms with Crippen LogP contribution in [0.2, 0.25) is 0 Å². The van der Waals surface area contributed by atoms with Crippen LogP contribution in [-0.4, -0.2) is 29.6 Å². The van der Waals surface area contributed by atoms with Crippen molar-refractivity contribution in [3.63, 3.8) is 0 Å². The Balaban J connectivity index is 1.26. The van der Waals surface area contributed by atoms with E-state index in [1.807, 2.05) is 12.3 Å². The Hall–Kier alpha value is -3.08. The molecule has 5 nitrogen and oxygen atoms in total. The molecule has 0 aliphatic carbocycles. The van der Waals surface area contributed by atoms with Crippen molar-refractivity contribution in [1.29, 1.82) is 0 Å². The average molecular weight is 400 g/mol. The topological polar surface area (TPSA) is 44.3 Å². The normalized spacial score (nSPS) is 17.0. The predicted octanol–water partition coefficient (Wildman–Crippen LogP) is 5.02. The Morgan fingerprint density at radius 3 is 2.43 bits per heavy atom. The number of fused-ring (bicyclic) bond motifs is 1. The van der Waals surface area contributed by atoms with Gasteiger partial charge >= 0.3 is 0 Å². The van der Waals surface area contributed by atoms with Gasteiger partial charge in [0.25, 0.3) is 0 Å². The van der Waals surface area contributed by atoms with Crippen LogP contribution in [0.1, 0.15) is 30.9 Å². The van der Waals surface area contributed by atoms with Crippen molar-refractivity contribution < 1.29 is 0 Å². The molecule has 1 fully saturated rings. The quantitative estimate of drug-likeness (QED) is 0.667. The molecule has 0 radical (unpaired) electrons. The highest BCUT2D eigenvalue weighted by atomic mass is 15.2. The van der Waals surface area contributed by atoms with Crippen molar-refractivity contribution in [2.75, 3.05) is 34.8 Å². The summed E-state index contributed by atoms with van der Waals surface area (Å²) in [5.41, 5.74) is 5.16. The second-order valence-corrected chi connectivity index (χ2v) is 8.52. The van der Waals surface area contributed by atoms with Crippen LogP contribution < -0.4 is 15.1 Å². The van der Waals surface area contributed by atoms with E-state index in [-0.39, 0.29) is 0 Å². The molecule has 0 spiro atoms. The highest BCUT2D eigenvalue weighted by Crippen LogP contribution is 2.26. The van der Waals surface area contributed by atoms with Gasteiger partial charge in [0.15, 0.2) is 0 Å². The lowest BCUT2D eigenvalue weighted by atomic mass is 9.99. The van der Waals surface area contributed by atoms with Gasteiger partial charge in [-0.25, -0.2) is 4.98 Å². The number of anilines is 4. The highest BCUT2D eigenvalue weighted by molar-refractivity contribution is 5.60. The van der Waals surface area contributed by atoms with Crippen molar-refractivity contribution in [2.24, 2.45) is 5.92 Å². The largest absolute Gasteiger partial charge is 0.372 e. The third kappa shape index (κ3) is 4.11. The molecule has 2 aliphatic rings. The minimum Gasteiger partial charge on any atom is -0.372 e. The summed E-state index contributed by atoms with van der Waals surface area (Å²) in [6.45, 7) is 6.53. The molecule has 2 aliphatic heterocycles. The third-order valence-corrected chi connectivity index (χ3v) is 6.37. The zero-order valence-electron chi connectivity index (χ0n) is 17.6. The molecule has 5 heteroatoms. The van der Waals surface area contributed by atoms with E-state index >= 15 is 0 Å². The summed E-state index contributed by atoms with van der Waals surface area (Å²) in [4.78, 5) is 14.0. The number of nitrogens with zero attached hydrogens (tertiary/aromatic N) is 4. The van der Waals surface area contributed by atoms with Gasteiger partial charge in [-0.15, -0.1) is 0 Å². The number of nitrogens with one attached hydrogen (secondary N) is 1. The molecule has 3 aromatic rings. The van der Waals surface area contributed by atoms with Crippen LogP contribution in [0.25, 0.3) is 0 Å². The second-order valence-electron chi connectivity index (χ2n) is 8.52. The van der Waals surface area contributed by atoms with E-state index in [0.717, 1.165) is 50.0 Å². The molecule has 154 valence electrons. The first-order valence-electron chi connectivity index (χ1n) is 11.0. The van der Waals surface area contributed by atoms with E-state index in [1.54, 1.807) is 0 Å². The van der Waals surface area contributed by atoms with Crippen molar-refractivity contribution >= 4 is 23.1 Å². The zero-order valence-corrected chi connectivity index (χ0v) is 17.6. The van der Waals surface area contributed by atoms with E-state index in [1.165, 1.54) is 29.7 Å². The fraction of sp³-hybridized carbons (Fsp3) is 0.360. The van der Waals surface area contributed by atoms with Crippen molar-refractivity contribution in [2.45, 2.75) is 32.7 Å². The standard InChI is InChI=1S/C25H29N5/c1-19-11-15-29(16-12-19)23-8-6-22(7-9-23)27-25-26-14-10-24(28-25)30-17-13-20-4-2-3-5-21(20)18-30/h2-10,14,19H,11-13,15-18H2,1H3,(H,26,27,28). The Bertz CT molecular complexity index is 992. The number of piperidine rings is 1. The van der Waals surface area contributed by atoms with E-state index < -0.39 is 0 Å². The molecule has 5 rings (SSSR count). The SMILES string of the molecule is CC1CCN(c2ccc(Nc3nccc(N4CCc5ccccc5C4)n3)cc2)CC1. The first-order chi connectivity index (χ1) is 14.7. The second kappa shape index (κ2) is 8.34. The van der Waals surface area contributed by atoms with Crippen LogP contribution in [-0.2, 0) is 13.0 Å². The molecular formula is C25H29N5. The fourth-order valence-corrected chi connectivity index (χ4v) is 4.43. The van der Waals surface area contributed by atoms with Gasteiger partial charge in [0, 0.05) is 43.8 Å². The average Bonchev–Trinajstić information content (AvgIpc) is 2.80. The molecule has 0 atom stereocenters. The van der Waals surface area contributed by atoms with Gasteiger partial charge in [0.05, 0.1) is 0 Å². The molecule has 0 unspecified atom stereocenters. The minimum absolute atomic E-state index is 0.644. The Morgan fingerprint density at radius 2 is 1.63 bits per heavy atom. The lowest BCUT2D eigenvalue weighted by Gasteiger charge is -2.32. The molecule has 3 heterocycles. The summed E-state index contributed by atoms with van der Waals surface area (Å²) in [5.74, 6) is 2.46. The third-order valence-electron chi connectivity index (χ3n) is 6.37. The minimum atomic E-state index is 0.644. The molecule has 0 saturated carbocycles. The molecule has 1 saturated heterocycles.